The molecule has 126 valence electrons. The molecule has 0 radical (unpaired) electrons. The third kappa shape index (κ3) is 2.39. The van der Waals surface area contributed by atoms with E-state index in [2.05, 4.69) is 4.98 Å². The Kier molecular flexibility index (Phi) is 3.54. The fraction of sp³-hybridized carbons (Fsp3) is 0.158. The van der Waals surface area contributed by atoms with Crippen molar-refractivity contribution in [3.8, 4) is 0 Å². The van der Waals surface area contributed by atoms with Gasteiger partial charge in [-0.25, -0.2) is 4.98 Å². The number of nitrogens with one attached hydrogen (secondary N) is 1. The van der Waals surface area contributed by atoms with Gasteiger partial charge in [-0.1, -0.05) is 29.8 Å². The fourth-order valence-corrected chi connectivity index (χ4v) is 3.33. The first-order valence-electron chi connectivity index (χ1n) is 7.94. The van der Waals surface area contributed by atoms with Gasteiger partial charge in [0.1, 0.15) is 17.4 Å². The zero-order chi connectivity index (χ0) is 17.7. The lowest BCUT2D eigenvalue weighted by molar-refractivity contribution is 0.411. The molecule has 4 rings (SSSR count). The molecule has 0 unspecified atom stereocenters. The van der Waals surface area contributed by atoms with Gasteiger partial charge in [0.2, 0.25) is 0 Å². The van der Waals surface area contributed by atoms with Gasteiger partial charge >= 0.3 is 0 Å². The van der Waals surface area contributed by atoms with E-state index in [9.17, 15) is 5.11 Å². The van der Waals surface area contributed by atoms with Crippen LogP contribution in [0, 0.1) is 12.3 Å². The van der Waals surface area contributed by atoms with Crippen molar-refractivity contribution in [2.75, 3.05) is 11.4 Å². The van der Waals surface area contributed by atoms with E-state index in [0.29, 0.717) is 16.4 Å². The van der Waals surface area contributed by atoms with Crippen LogP contribution in [-0.4, -0.2) is 27.0 Å². The van der Waals surface area contributed by atoms with Crippen molar-refractivity contribution in [2.24, 2.45) is 7.05 Å². The molecule has 0 aliphatic carbocycles. The van der Waals surface area contributed by atoms with Crippen molar-refractivity contribution >= 4 is 39.7 Å². The normalized spacial score (nSPS) is 14.8. The number of nitrogens with zero attached hydrogens (tertiary/aromatic N) is 3. The average molecular weight is 353 g/mol. The number of imidazole rings is 1. The second kappa shape index (κ2) is 5.63. The molecule has 0 bridgehead atoms. The van der Waals surface area contributed by atoms with Crippen LogP contribution in [0.3, 0.4) is 0 Å². The minimum Gasteiger partial charge on any atom is -0.509 e. The Labute approximate surface area is 150 Å². The smallest absolute Gasteiger partial charge is 0.148 e. The third-order valence-electron chi connectivity index (χ3n) is 4.58. The van der Waals surface area contributed by atoms with E-state index in [0.717, 1.165) is 22.3 Å². The molecule has 0 saturated heterocycles. The van der Waals surface area contributed by atoms with E-state index in [1.807, 2.05) is 61.0 Å². The van der Waals surface area contributed by atoms with Gasteiger partial charge in [-0.05, 0) is 36.8 Å². The molecule has 0 saturated carbocycles. The molecule has 1 aromatic heterocycles. The number of fused-ring (bicyclic) bond motifs is 1. The number of benzene rings is 2. The molecule has 0 atom stereocenters. The molecular formula is C19H17ClN4O. The van der Waals surface area contributed by atoms with Crippen LogP contribution in [0.15, 0.2) is 48.2 Å². The number of aromatic nitrogens is 2. The number of para-hydroxylation sites is 2. The summed E-state index contributed by atoms with van der Waals surface area (Å²) in [4.78, 5) is 6.34. The summed E-state index contributed by atoms with van der Waals surface area (Å²) in [5, 5.41) is 19.7. The Morgan fingerprint density at radius 3 is 2.68 bits per heavy atom. The van der Waals surface area contributed by atoms with Crippen molar-refractivity contribution in [3.05, 3.63) is 64.6 Å². The lowest BCUT2D eigenvalue weighted by atomic mass is 10.2. The number of hydrogen-bond acceptors (Lipinski definition) is 3. The highest BCUT2D eigenvalue weighted by molar-refractivity contribution is 6.33. The van der Waals surface area contributed by atoms with Crippen molar-refractivity contribution in [3.63, 3.8) is 0 Å². The van der Waals surface area contributed by atoms with Crippen molar-refractivity contribution < 1.29 is 5.11 Å². The van der Waals surface area contributed by atoms with Gasteiger partial charge in [0.05, 0.1) is 23.2 Å². The number of aliphatic hydroxyl groups excluding tert-OH is 1. The maximum atomic E-state index is 10.5. The molecule has 6 heteroatoms. The van der Waals surface area contributed by atoms with Gasteiger partial charge in [0, 0.05) is 17.8 Å². The van der Waals surface area contributed by atoms with E-state index in [4.69, 9.17) is 17.0 Å². The van der Waals surface area contributed by atoms with Gasteiger partial charge in [-0.2, -0.15) is 0 Å². The van der Waals surface area contributed by atoms with Crippen LogP contribution in [0.2, 0.25) is 5.02 Å². The maximum absolute atomic E-state index is 10.5. The van der Waals surface area contributed by atoms with E-state index >= 15 is 0 Å². The molecule has 0 fully saturated rings. The number of aryl methyl sites for hydroxylation is 2. The molecule has 3 aromatic rings. The minimum absolute atomic E-state index is 0.139. The maximum Gasteiger partial charge on any atom is 0.148 e. The summed E-state index contributed by atoms with van der Waals surface area (Å²) >= 11 is 6.22. The average Bonchev–Trinajstić information content (AvgIpc) is 3.07. The van der Waals surface area contributed by atoms with Crippen LogP contribution < -0.4 is 4.90 Å². The van der Waals surface area contributed by atoms with Gasteiger partial charge in [-0.15, -0.1) is 0 Å². The second-order valence-corrected chi connectivity index (χ2v) is 6.58. The highest BCUT2D eigenvalue weighted by Crippen LogP contribution is 2.33. The van der Waals surface area contributed by atoms with Crippen LogP contribution in [0.25, 0.3) is 16.6 Å². The number of hydrogen-bond donors (Lipinski definition) is 2. The summed E-state index contributed by atoms with van der Waals surface area (Å²) in [5.41, 5.74) is 4.01. The van der Waals surface area contributed by atoms with Crippen LogP contribution >= 0.6 is 11.6 Å². The quantitative estimate of drug-likeness (QED) is 0.722. The first-order valence-corrected chi connectivity index (χ1v) is 8.31. The monoisotopic (exact) mass is 352 g/mol. The van der Waals surface area contributed by atoms with Crippen molar-refractivity contribution in [1.82, 2.24) is 9.55 Å². The summed E-state index contributed by atoms with van der Waals surface area (Å²) in [5.74, 6) is 0.945. The first kappa shape index (κ1) is 15.7. The van der Waals surface area contributed by atoms with Gasteiger partial charge in [-0.3, -0.25) is 5.41 Å². The SMILES string of the molecule is Cc1ccc(N2CC(O)=C(c3nc4ccccc4n3C)C2=N)cc1Cl. The Balaban J connectivity index is 1.78. The number of anilines is 1. The van der Waals surface area contributed by atoms with E-state index in [1.165, 1.54) is 0 Å². The van der Waals surface area contributed by atoms with Gasteiger partial charge in [0.15, 0.2) is 0 Å². The van der Waals surface area contributed by atoms with E-state index in [-0.39, 0.29) is 18.1 Å². The standard InChI is InChI=1S/C19H17ClN4O/c1-11-7-8-12(9-13(11)20)24-10-16(25)17(18(24)21)19-22-14-5-3-4-6-15(14)23(19)2/h3-9,21,25H,10H2,1-2H3. The first-order chi connectivity index (χ1) is 12.0. The number of rotatable bonds is 2. The minimum atomic E-state index is 0.139. The molecular weight excluding hydrogens is 336 g/mol. The molecule has 1 aliphatic rings. The highest BCUT2D eigenvalue weighted by Gasteiger charge is 2.32. The van der Waals surface area contributed by atoms with Crippen LogP contribution in [0.5, 0.6) is 0 Å². The van der Waals surface area contributed by atoms with Crippen LogP contribution in [-0.2, 0) is 7.05 Å². The van der Waals surface area contributed by atoms with Crippen molar-refractivity contribution in [2.45, 2.75) is 6.92 Å². The Hall–Kier alpha value is -2.79. The molecule has 2 N–H and O–H groups in total. The summed E-state index contributed by atoms with van der Waals surface area (Å²) in [6, 6.07) is 13.4. The molecule has 0 spiro atoms. The van der Waals surface area contributed by atoms with Crippen molar-refractivity contribution in [1.29, 1.82) is 5.41 Å². The number of aliphatic hydroxyl groups is 1. The molecule has 5 nitrogen and oxygen atoms in total. The third-order valence-corrected chi connectivity index (χ3v) is 4.99. The molecule has 2 heterocycles. The molecule has 1 aliphatic heterocycles. The molecule has 25 heavy (non-hydrogen) atoms. The largest absolute Gasteiger partial charge is 0.509 e. The number of halogens is 1. The zero-order valence-corrected chi connectivity index (χ0v) is 14.7. The van der Waals surface area contributed by atoms with E-state index < -0.39 is 0 Å². The predicted molar refractivity (Wildman–Crippen MR) is 102 cm³/mol. The Morgan fingerprint density at radius 2 is 1.96 bits per heavy atom. The highest BCUT2D eigenvalue weighted by atomic mass is 35.5. The molecule has 2 aromatic carbocycles. The van der Waals surface area contributed by atoms with Gasteiger partial charge in [0.25, 0.3) is 0 Å². The Bertz CT molecular complexity index is 1050. The zero-order valence-electron chi connectivity index (χ0n) is 13.9. The fourth-order valence-electron chi connectivity index (χ4n) is 3.15. The van der Waals surface area contributed by atoms with Gasteiger partial charge < -0.3 is 14.6 Å². The second-order valence-electron chi connectivity index (χ2n) is 6.17. The molecule has 0 amide bonds. The van der Waals surface area contributed by atoms with E-state index in [1.54, 1.807) is 4.90 Å². The summed E-state index contributed by atoms with van der Waals surface area (Å²) in [6.07, 6.45) is 0. The predicted octanol–water partition coefficient (Wildman–Crippen LogP) is 4.30. The summed E-state index contributed by atoms with van der Waals surface area (Å²) in [6.45, 7) is 2.17. The summed E-state index contributed by atoms with van der Waals surface area (Å²) < 4.78 is 1.90. The number of amidine groups is 1. The summed E-state index contributed by atoms with van der Waals surface area (Å²) in [7, 11) is 1.89. The van der Waals surface area contributed by atoms with Crippen LogP contribution in [0.1, 0.15) is 11.4 Å². The topological polar surface area (TPSA) is 65.1 Å². The van der Waals surface area contributed by atoms with Crippen LogP contribution in [0.4, 0.5) is 5.69 Å². The lowest BCUT2D eigenvalue weighted by Gasteiger charge is -2.19. The lowest BCUT2D eigenvalue weighted by Crippen LogP contribution is -2.26. The Morgan fingerprint density at radius 1 is 1.20 bits per heavy atom.